The number of hydrogen-bond acceptors (Lipinski definition) is 2. The van der Waals surface area contributed by atoms with Crippen molar-refractivity contribution in [2.45, 2.75) is 18.6 Å². The SMILES string of the molecule is Cl.N[C@H]1CCN(C(=O)c2ccc(C(F)(F)F)cc2)C1. The number of nitrogens with two attached hydrogens (primary N) is 1. The zero-order chi connectivity index (χ0) is 13.3. The third-order valence-corrected chi connectivity index (χ3v) is 2.97. The quantitative estimate of drug-likeness (QED) is 0.864. The minimum absolute atomic E-state index is 0. The van der Waals surface area contributed by atoms with Crippen LogP contribution in [0.3, 0.4) is 0 Å². The van der Waals surface area contributed by atoms with Gasteiger partial charge in [0.05, 0.1) is 5.56 Å². The van der Waals surface area contributed by atoms with E-state index in [9.17, 15) is 18.0 Å². The van der Waals surface area contributed by atoms with E-state index in [1.165, 1.54) is 12.1 Å². The minimum atomic E-state index is -4.38. The molecule has 7 heteroatoms. The van der Waals surface area contributed by atoms with E-state index in [2.05, 4.69) is 0 Å². The Morgan fingerprint density at radius 3 is 2.26 bits per heavy atom. The van der Waals surface area contributed by atoms with Crippen molar-refractivity contribution in [3.8, 4) is 0 Å². The molecule has 2 rings (SSSR count). The largest absolute Gasteiger partial charge is 0.416 e. The molecule has 1 heterocycles. The maximum Gasteiger partial charge on any atom is 0.416 e. The van der Waals surface area contributed by atoms with Crippen molar-refractivity contribution in [1.82, 2.24) is 4.90 Å². The molecule has 0 saturated carbocycles. The highest BCUT2D eigenvalue weighted by molar-refractivity contribution is 5.94. The summed E-state index contributed by atoms with van der Waals surface area (Å²) < 4.78 is 37.1. The van der Waals surface area contributed by atoms with Gasteiger partial charge in [-0.3, -0.25) is 4.79 Å². The number of carbonyl (C=O) groups is 1. The van der Waals surface area contributed by atoms with Gasteiger partial charge in [-0.15, -0.1) is 12.4 Å². The third kappa shape index (κ3) is 3.61. The van der Waals surface area contributed by atoms with Crippen LogP contribution in [0.4, 0.5) is 13.2 Å². The topological polar surface area (TPSA) is 46.3 Å². The van der Waals surface area contributed by atoms with Gasteiger partial charge in [-0.1, -0.05) is 0 Å². The number of nitrogens with zero attached hydrogens (tertiary/aromatic N) is 1. The van der Waals surface area contributed by atoms with Crippen LogP contribution in [0, 0.1) is 0 Å². The molecular formula is C12H14ClF3N2O. The van der Waals surface area contributed by atoms with Crippen molar-refractivity contribution in [2.75, 3.05) is 13.1 Å². The lowest BCUT2D eigenvalue weighted by atomic mass is 10.1. The summed E-state index contributed by atoms with van der Waals surface area (Å²) in [6, 6.07) is 4.21. The van der Waals surface area contributed by atoms with E-state index in [0.717, 1.165) is 18.6 Å². The minimum Gasteiger partial charge on any atom is -0.337 e. The van der Waals surface area contributed by atoms with Gasteiger partial charge in [0.2, 0.25) is 0 Å². The Morgan fingerprint density at radius 1 is 1.26 bits per heavy atom. The Hall–Kier alpha value is -1.27. The third-order valence-electron chi connectivity index (χ3n) is 2.97. The molecule has 1 amide bonds. The fraction of sp³-hybridized carbons (Fsp3) is 0.417. The van der Waals surface area contributed by atoms with Gasteiger partial charge in [-0.2, -0.15) is 13.2 Å². The monoisotopic (exact) mass is 294 g/mol. The van der Waals surface area contributed by atoms with Crippen molar-refractivity contribution in [2.24, 2.45) is 5.73 Å². The molecule has 0 unspecified atom stereocenters. The number of carbonyl (C=O) groups excluding carboxylic acids is 1. The summed E-state index contributed by atoms with van der Waals surface area (Å²) in [5, 5.41) is 0. The summed E-state index contributed by atoms with van der Waals surface area (Å²) in [7, 11) is 0. The van der Waals surface area contributed by atoms with Crippen LogP contribution in [0.1, 0.15) is 22.3 Å². The van der Waals surface area contributed by atoms with Crippen molar-refractivity contribution in [3.05, 3.63) is 35.4 Å². The molecule has 0 spiro atoms. The van der Waals surface area contributed by atoms with E-state index >= 15 is 0 Å². The van der Waals surface area contributed by atoms with Gasteiger partial charge in [0.15, 0.2) is 0 Å². The Morgan fingerprint density at radius 2 is 1.84 bits per heavy atom. The van der Waals surface area contributed by atoms with E-state index in [1.54, 1.807) is 4.90 Å². The molecule has 1 saturated heterocycles. The maximum absolute atomic E-state index is 12.4. The second-order valence-corrected chi connectivity index (χ2v) is 4.38. The molecule has 0 aliphatic carbocycles. The van der Waals surface area contributed by atoms with Gasteiger partial charge in [0, 0.05) is 24.7 Å². The molecule has 2 N–H and O–H groups in total. The van der Waals surface area contributed by atoms with Gasteiger partial charge >= 0.3 is 6.18 Å². The van der Waals surface area contributed by atoms with Crippen LogP contribution in [0.25, 0.3) is 0 Å². The highest BCUT2D eigenvalue weighted by Crippen LogP contribution is 2.29. The molecule has 1 atom stereocenters. The van der Waals surface area contributed by atoms with Gasteiger partial charge in [0.25, 0.3) is 5.91 Å². The first-order chi connectivity index (χ1) is 8.38. The van der Waals surface area contributed by atoms with Crippen LogP contribution in [0.2, 0.25) is 0 Å². The number of likely N-dealkylation sites (tertiary alicyclic amines) is 1. The number of rotatable bonds is 1. The molecule has 0 aromatic heterocycles. The molecule has 1 aliphatic heterocycles. The lowest BCUT2D eigenvalue weighted by Crippen LogP contribution is -2.31. The molecule has 1 fully saturated rings. The fourth-order valence-corrected chi connectivity index (χ4v) is 1.96. The first-order valence-corrected chi connectivity index (χ1v) is 5.60. The van der Waals surface area contributed by atoms with E-state index in [-0.39, 0.29) is 29.9 Å². The van der Waals surface area contributed by atoms with E-state index < -0.39 is 11.7 Å². The Balaban J connectivity index is 0.00000180. The van der Waals surface area contributed by atoms with Crippen LogP contribution < -0.4 is 5.73 Å². The Labute approximate surface area is 115 Å². The van der Waals surface area contributed by atoms with Crippen LogP contribution in [-0.4, -0.2) is 29.9 Å². The number of benzene rings is 1. The van der Waals surface area contributed by atoms with Gasteiger partial charge < -0.3 is 10.6 Å². The molecule has 3 nitrogen and oxygen atoms in total. The number of amides is 1. The highest BCUT2D eigenvalue weighted by atomic mass is 35.5. The molecule has 0 radical (unpaired) electrons. The second kappa shape index (κ2) is 5.79. The predicted molar refractivity (Wildman–Crippen MR) is 67.2 cm³/mol. The standard InChI is InChI=1S/C12H13F3N2O.ClH/c13-12(14,15)9-3-1-8(2-4-9)11(18)17-6-5-10(16)7-17;/h1-4,10H,5-7,16H2;1H/t10-;/m0./s1. The summed E-state index contributed by atoms with van der Waals surface area (Å²) in [5.74, 6) is -0.267. The molecule has 0 bridgehead atoms. The van der Waals surface area contributed by atoms with E-state index in [4.69, 9.17) is 5.73 Å². The Bertz CT molecular complexity index is 447. The van der Waals surface area contributed by atoms with Gasteiger partial charge in [0.1, 0.15) is 0 Å². The van der Waals surface area contributed by atoms with Gasteiger partial charge in [-0.05, 0) is 30.7 Å². The normalized spacial score (nSPS) is 19.2. The lowest BCUT2D eigenvalue weighted by molar-refractivity contribution is -0.137. The first-order valence-electron chi connectivity index (χ1n) is 5.60. The predicted octanol–water partition coefficient (Wildman–Crippen LogP) is 2.30. The molecule has 19 heavy (non-hydrogen) atoms. The number of hydrogen-bond donors (Lipinski definition) is 1. The first kappa shape index (κ1) is 15.8. The fourth-order valence-electron chi connectivity index (χ4n) is 1.96. The second-order valence-electron chi connectivity index (χ2n) is 4.38. The van der Waals surface area contributed by atoms with E-state index in [1.807, 2.05) is 0 Å². The number of alkyl halides is 3. The number of halogens is 4. The highest BCUT2D eigenvalue weighted by Gasteiger charge is 2.31. The van der Waals surface area contributed by atoms with Crippen molar-refractivity contribution in [3.63, 3.8) is 0 Å². The van der Waals surface area contributed by atoms with Gasteiger partial charge in [-0.25, -0.2) is 0 Å². The summed E-state index contributed by atoms with van der Waals surface area (Å²) in [6.45, 7) is 1.01. The summed E-state index contributed by atoms with van der Waals surface area (Å²) in [4.78, 5) is 13.5. The average molecular weight is 295 g/mol. The molecule has 1 aromatic carbocycles. The zero-order valence-electron chi connectivity index (χ0n) is 9.98. The zero-order valence-corrected chi connectivity index (χ0v) is 10.8. The molecule has 106 valence electrons. The molecular weight excluding hydrogens is 281 g/mol. The van der Waals surface area contributed by atoms with Crippen LogP contribution in [0.15, 0.2) is 24.3 Å². The maximum atomic E-state index is 12.4. The van der Waals surface area contributed by atoms with Crippen molar-refractivity contribution in [1.29, 1.82) is 0 Å². The molecule has 1 aromatic rings. The van der Waals surface area contributed by atoms with E-state index in [0.29, 0.717) is 13.1 Å². The van der Waals surface area contributed by atoms with Crippen LogP contribution in [0.5, 0.6) is 0 Å². The molecule has 1 aliphatic rings. The smallest absolute Gasteiger partial charge is 0.337 e. The van der Waals surface area contributed by atoms with Crippen molar-refractivity contribution < 1.29 is 18.0 Å². The Kier molecular flexibility index (Phi) is 4.81. The summed E-state index contributed by atoms with van der Waals surface area (Å²) in [5.41, 5.74) is 5.19. The van der Waals surface area contributed by atoms with Crippen molar-refractivity contribution >= 4 is 18.3 Å². The summed E-state index contributed by atoms with van der Waals surface area (Å²) >= 11 is 0. The lowest BCUT2D eigenvalue weighted by Gasteiger charge is -2.16. The van der Waals surface area contributed by atoms with Crippen LogP contribution in [-0.2, 0) is 6.18 Å². The van der Waals surface area contributed by atoms with Crippen LogP contribution >= 0.6 is 12.4 Å². The average Bonchev–Trinajstić information content (AvgIpc) is 2.74. The summed E-state index contributed by atoms with van der Waals surface area (Å²) in [6.07, 6.45) is -3.65.